The molecule has 0 amide bonds. The highest BCUT2D eigenvalue weighted by molar-refractivity contribution is 6.15. The minimum absolute atomic E-state index is 0.121. The summed E-state index contributed by atoms with van der Waals surface area (Å²) in [5, 5.41) is 13.3. The van der Waals surface area contributed by atoms with Crippen LogP contribution in [-0.4, -0.2) is 62.0 Å². The number of nitrogens with one attached hydrogen (secondary N) is 1. The third kappa shape index (κ3) is 4.15. The van der Waals surface area contributed by atoms with Crippen molar-refractivity contribution in [3.63, 3.8) is 0 Å². The Morgan fingerprint density at radius 3 is 2.74 bits per heavy atom. The predicted octanol–water partition coefficient (Wildman–Crippen LogP) is 3.76. The zero-order chi connectivity index (χ0) is 26.5. The smallest absolute Gasteiger partial charge is 0.194 e. The van der Waals surface area contributed by atoms with Gasteiger partial charge in [0.25, 0.3) is 0 Å². The van der Waals surface area contributed by atoms with Gasteiger partial charge < -0.3 is 20.4 Å². The highest BCUT2D eigenvalue weighted by Crippen LogP contribution is 2.32. The molecule has 2 aliphatic rings. The van der Waals surface area contributed by atoms with Gasteiger partial charge in [-0.2, -0.15) is 5.10 Å². The lowest BCUT2D eigenvalue weighted by Crippen LogP contribution is -2.36. The van der Waals surface area contributed by atoms with E-state index in [0.717, 1.165) is 63.8 Å². The number of imidazole rings is 1. The Labute approximate surface area is 224 Å². The number of aromatic amines is 1. The van der Waals surface area contributed by atoms with Gasteiger partial charge in [0.2, 0.25) is 0 Å². The maximum atomic E-state index is 13.5. The minimum Gasteiger partial charge on any atom is -0.383 e. The Morgan fingerprint density at radius 1 is 1.05 bits per heavy atom. The summed E-state index contributed by atoms with van der Waals surface area (Å²) in [6.45, 7) is 4.95. The van der Waals surface area contributed by atoms with Gasteiger partial charge in [0.1, 0.15) is 11.6 Å². The fourth-order valence-electron chi connectivity index (χ4n) is 5.26. The van der Waals surface area contributed by atoms with Gasteiger partial charge in [-0.05, 0) is 60.5 Å². The van der Waals surface area contributed by atoms with Gasteiger partial charge in [-0.25, -0.2) is 9.67 Å². The van der Waals surface area contributed by atoms with Crippen LogP contribution < -0.4 is 10.6 Å². The molecule has 0 atom stereocenters. The van der Waals surface area contributed by atoms with Crippen LogP contribution in [0.4, 0.5) is 11.6 Å². The summed E-state index contributed by atoms with van der Waals surface area (Å²) in [5.41, 5.74) is 13.9. The summed E-state index contributed by atoms with van der Waals surface area (Å²) in [6.07, 6.45) is 4.00. The number of aromatic nitrogens is 6. The van der Waals surface area contributed by atoms with Crippen molar-refractivity contribution in [3.8, 4) is 16.9 Å². The lowest BCUT2D eigenvalue weighted by atomic mass is 10.0. The molecule has 2 aromatic carbocycles. The van der Waals surface area contributed by atoms with Crippen molar-refractivity contribution in [3.05, 3.63) is 82.8 Å². The van der Waals surface area contributed by atoms with Crippen molar-refractivity contribution >= 4 is 34.5 Å². The lowest BCUT2D eigenvalue weighted by Gasteiger charge is -2.27. The van der Waals surface area contributed by atoms with E-state index in [0.29, 0.717) is 36.6 Å². The largest absolute Gasteiger partial charge is 0.383 e. The van der Waals surface area contributed by atoms with E-state index in [2.05, 4.69) is 36.2 Å². The number of rotatable bonds is 5. The van der Waals surface area contributed by atoms with Crippen LogP contribution in [-0.2, 0) is 11.2 Å². The molecule has 0 radical (unpaired) electrons. The van der Waals surface area contributed by atoms with Crippen LogP contribution in [0.1, 0.15) is 27.3 Å². The molecule has 0 unspecified atom stereocenters. The highest BCUT2D eigenvalue weighted by Gasteiger charge is 2.24. The van der Waals surface area contributed by atoms with Crippen LogP contribution in [0.5, 0.6) is 0 Å². The van der Waals surface area contributed by atoms with Crippen molar-refractivity contribution in [2.24, 2.45) is 0 Å². The van der Waals surface area contributed by atoms with Crippen LogP contribution in [0.15, 0.2) is 60.3 Å². The van der Waals surface area contributed by atoms with E-state index in [-0.39, 0.29) is 5.78 Å². The fraction of sp³-hybridized carbons (Fsp3) is 0.207. The van der Waals surface area contributed by atoms with E-state index in [1.165, 1.54) is 0 Å². The second-order valence-corrected chi connectivity index (χ2v) is 9.84. The molecule has 1 aliphatic heterocycles. The van der Waals surface area contributed by atoms with E-state index in [9.17, 15) is 4.79 Å². The molecular weight excluding hydrogens is 492 g/mol. The van der Waals surface area contributed by atoms with Crippen LogP contribution in [0.2, 0.25) is 0 Å². The molecule has 1 aliphatic carbocycles. The molecule has 5 aromatic rings. The molecular formula is C29H26N8O2. The molecule has 0 bridgehead atoms. The first-order valence-electron chi connectivity index (χ1n) is 12.9. The van der Waals surface area contributed by atoms with Gasteiger partial charge in [0.05, 0.1) is 47.4 Å². The number of morpholine rings is 1. The minimum atomic E-state index is -0.121. The fourth-order valence-corrected chi connectivity index (χ4v) is 5.26. The Balaban J connectivity index is 1.10. The Kier molecular flexibility index (Phi) is 5.48. The molecule has 1 saturated heterocycles. The van der Waals surface area contributed by atoms with Gasteiger partial charge >= 0.3 is 0 Å². The highest BCUT2D eigenvalue weighted by atomic mass is 16.5. The van der Waals surface area contributed by atoms with Crippen LogP contribution in [0, 0.1) is 6.92 Å². The van der Waals surface area contributed by atoms with Crippen molar-refractivity contribution in [2.45, 2.75) is 13.3 Å². The van der Waals surface area contributed by atoms with Gasteiger partial charge in [-0.3, -0.25) is 4.79 Å². The molecule has 1 fully saturated rings. The average Bonchev–Trinajstić information content (AvgIpc) is 3.68. The van der Waals surface area contributed by atoms with Crippen molar-refractivity contribution in [1.29, 1.82) is 0 Å². The number of aryl methyl sites for hydroxylation is 1. The summed E-state index contributed by atoms with van der Waals surface area (Å²) in [5.74, 6) is 1.88. The summed E-state index contributed by atoms with van der Waals surface area (Å²) in [6, 6.07) is 15.8. The molecule has 0 saturated carbocycles. The monoisotopic (exact) mass is 518 g/mol. The third-order valence-electron chi connectivity index (χ3n) is 7.31. The van der Waals surface area contributed by atoms with E-state index in [1.807, 2.05) is 55.5 Å². The van der Waals surface area contributed by atoms with Gasteiger partial charge in [-0.15, -0.1) is 10.2 Å². The molecule has 10 heteroatoms. The summed E-state index contributed by atoms with van der Waals surface area (Å²) in [7, 11) is 0. The van der Waals surface area contributed by atoms with Crippen molar-refractivity contribution < 1.29 is 9.53 Å². The summed E-state index contributed by atoms with van der Waals surface area (Å²) < 4.78 is 7.01. The molecule has 194 valence electrons. The normalized spacial score (nSPS) is 15.0. The van der Waals surface area contributed by atoms with Crippen LogP contribution in [0.3, 0.4) is 0 Å². The quantitative estimate of drug-likeness (QED) is 0.337. The number of nitrogens with zero attached hydrogens (tertiary/aromatic N) is 6. The number of carbonyl (C=O) groups is 1. The standard InChI is InChI=1S/C29H26N8O2/c1-17-32-25-5-4-22(15-26(25)33-17)37-29(30)23(16-31-37)28(38)21-12-18-2-3-19(13-20(18)14-21)24-6-7-27(35-34-24)36-8-10-39-11-9-36/h2-7,12-13,15-16H,8-11,14,30H2,1H3,(H,32,33). The number of nitrogens with two attached hydrogens (primary N) is 1. The number of H-pyrrole nitrogens is 1. The number of hydrogen-bond acceptors (Lipinski definition) is 8. The Bertz CT molecular complexity index is 1760. The zero-order valence-corrected chi connectivity index (χ0v) is 21.4. The number of allylic oxidation sites excluding steroid dienone is 1. The van der Waals surface area contributed by atoms with Crippen molar-refractivity contribution in [2.75, 3.05) is 36.9 Å². The molecule has 10 nitrogen and oxygen atoms in total. The van der Waals surface area contributed by atoms with E-state index in [4.69, 9.17) is 10.5 Å². The van der Waals surface area contributed by atoms with Crippen LogP contribution >= 0.6 is 0 Å². The second-order valence-electron chi connectivity index (χ2n) is 9.84. The maximum absolute atomic E-state index is 13.5. The number of ketones is 1. The van der Waals surface area contributed by atoms with Gasteiger partial charge in [-0.1, -0.05) is 12.1 Å². The molecule has 39 heavy (non-hydrogen) atoms. The number of nitrogen functional groups attached to an aromatic ring is 1. The second kappa shape index (κ2) is 9.17. The number of anilines is 2. The molecule has 3 N–H and O–H groups in total. The molecule has 3 aromatic heterocycles. The van der Waals surface area contributed by atoms with Gasteiger partial charge in [0, 0.05) is 30.6 Å². The number of carbonyl (C=O) groups excluding carboxylic acids is 1. The summed E-state index contributed by atoms with van der Waals surface area (Å²) >= 11 is 0. The first kappa shape index (κ1) is 23.3. The Hall–Kier alpha value is -4.83. The maximum Gasteiger partial charge on any atom is 0.194 e. The first-order chi connectivity index (χ1) is 19.0. The number of benzene rings is 2. The van der Waals surface area contributed by atoms with Crippen LogP contribution in [0.25, 0.3) is 34.1 Å². The average molecular weight is 519 g/mol. The summed E-state index contributed by atoms with van der Waals surface area (Å²) in [4.78, 5) is 23.3. The number of fused-ring (bicyclic) bond motifs is 2. The number of Topliss-reactive ketones (excluding diaryl/α,β-unsaturated/α-hetero) is 1. The zero-order valence-electron chi connectivity index (χ0n) is 21.4. The van der Waals surface area contributed by atoms with E-state index < -0.39 is 0 Å². The van der Waals surface area contributed by atoms with Crippen molar-refractivity contribution in [1.82, 2.24) is 29.9 Å². The molecule has 7 rings (SSSR count). The first-order valence-corrected chi connectivity index (χ1v) is 12.9. The SMILES string of the molecule is Cc1nc2ccc(-n3ncc(C(=O)C4=Cc5ccc(-c6ccc(N7CCOCC7)nn6)cc5C4)c3N)cc2[nH]1. The van der Waals surface area contributed by atoms with E-state index >= 15 is 0 Å². The lowest BCUT2D eigenvalue weighted by molar-refractivity contribution is 0.103. The topological polar surface area (TPSA) is 128 Å². The van der Waals surface area contributed by atoms with E-state index in [1.54, 1.807) is 10.9 Å². The molecule has 4 heterocycles. The Morgan fingerprint density at radius 2 is 1.92 bits per heavy atom. The molecule has 0 spiro atoms. The van der Waals surface area contributed by atoms with Gasteiger partial charge in [0.15, 0.2) is 11.6 Å². The number of hydrogen-bond donors (Lipinski definition) is 2. The number of ether oxygens (including phenoxy) is 1. The predicted molar refractivity (Wildman–Crippen MR) is 149 cm³/mol. The third-order valence-corrected chi connectivity index (χ3v) is 7.31.